The van der Waals surface area contributed by atoms with Crippen LogP contribution in [0.3, 0.4) is 0 Å². The van der Waals surface area contributed by atoms with Crippen molar-refractivity contribution in [3.8, 4) is 0 Å². The fraction of sp³-hybridized carbons (Fsp3) is 0.375. The van der Waals surface area contributed by atoms with Gasteiger partial charge in [-0.3, -0.25) is 4.79 Å². The first kappa shape index (κ1) is 10.2. The van der Waals surface area contributed by atoms with Gasteiger partial charge in [0.1, 0.15) is 11.2 Å². The molecule has 1 aromatic rings. The molecular formula is C8H11N3O3. The summed E-state index contributed by atoms with van der Waals surface area (Å²) in [6, 6.07) is 1.34. The van der Waals surface area contributed by atoms with Crippen molar-refractivity contribution >= 4 is 11.8 Å². The highest BCUT2D eigenvalue weighted by molar-refractivity contribution is 5.79. The number of aromatic nitrogens is 2. The lowest BCUT2D eigenvalue weighted by molar-refractivity contribution is -0.142. The van der Waals surface area contributed by atoms with Crippen LogP contribution in [0.15, 0.2) is 10.9 Å². The average Bonchev–Trinajstić information content (AvgIpc) is 2.01. The largest absolute Gasteiger partial charge is 0.481 e. The first-order valence-electron chi connectivity index (χ1n) is 3.95. The van der Waals surface area contributed by atoms with Gasteiger partial charge in [-0.25, -0.2) is 4.79 Å². The number of hydrogen-bond donors (Lipinski definition) is 3. The molecule has 0 bridgehead atoms. The van der Waals surface area contributed by atoms with Crippen LogP contribution in [0.5, 0.6) is 0 Å². The van der Waals surface area contributed by atoms with Gasteiger partial charge >= 0.3 is 11.7 Å². The van der Waals surface area contributed by atoms with Gasteiger partial charge in [0.05, 0.1) is 0 Å². The Balaban J connectivity index is 3.32. The Morgan fingerprint density at radius 2 is 2.21 bits per heavy atom. The molecule has 4 N–H and O–H groups in total. The van der Waals surface area contributed by atoms with Crippen LogP contribution in [0.2, 0.25) is 0 Å². The number of nitrogens with zero attached hydrogens (tertiary/aromatic N) is 1. The lowest BCUT2D eigenvalue weighted by Gasteiger charge is -2.18. The molecule has 76 valence electrons. The number of carbonyl (C=O) groups is 1. The lowest BCUT2D eigenvalue weighted by atomic mass is 9.89. The maximum Gasteiger partial charge on any atom is 0.347 e. The minimum Gasteiger partial charge on any atom is -0.481 e. The van der Waals surface area contributed by atoms with Gasteiger partial charge < -0.3 is 15.8 Å². The number of nitrogens with one attached hydrogen (secondary N) is 1. The van der Waals surface area contributed by atoms with E-state index in [0.717, 1.165) is 0 Å². The van der Waals surface area contributed by atoms with E-state index in [2.05, 4.69) is 9.97 Å². The third kappa shape index (κ3) is 1.73. The van der Waals surface area contributed by atoms with Crippen molar-refractivity contribution in [1.82, 2.24) is 9.97 Å². The fourth-order valence-corrected chi connectivity index (χ4v) is 0.929. The highest BCUT2D eigenvalue weighted by Crippen LogP contribution is 2.20. The van der Waals surface area contributed by atoms with E-state index in [9.17, 15) is 9.59 Å². The van der Waals surface area contributed by atoms with Gasteiger partial charge in [0.15, 0.2) is 0 Å². The van der Waals surface area contributed by atoms with E-state index in [0.29, 0.717) is 0 Å². The first-order valence-corrected chi connectivity index (χ1v) is 3.95. The SMILES string of the molecule is CC(C)(C(=O)O)c1cc(N)nc(=O)[nH]1. The Bertz CT molecular complexity index is 422. The summed E-state index contributed by atoms with van der Waals surface area (Å²) >= 11 is 0. The van der Waals surface area contributed by atoms with Crippen LogP contribution in [0.4, 0.5) is 5.82 Å². The molecule has 0 spiro atoms. The molecule has 0 aliphatic carbocycles. The molecular weight excluding hydrogens is 186 g/mol. The predicted molar refractivity (Wildman–Crippen MR) is 49.9 cm³/mol. The number of carboxylic acid groups (broad SMARTS) is 1. The van der Waals surface area contributed by atoms with Crippen LogP contribution in [0.1, 0.15) is 19.5 Å². The molecule has 1 aromatic heterocycles. The van der Waals surface area contributed by atoms with Gasteiger partial charge in [0.25, 0.3) is 0 Å². The zero-order chi connectivity index (χ0) is 10.9. The fourth-order valence-electron chi connectivity index (χ4n) is 0.929. The molecule has 0 unspecified atom stereocenters. The molecule has 0 radical (unpaired) electrons. The monoisotopic (exact) mass is 197 g/mol. The van der Waals surface area contributed by atoms with E-state index in [1.807, 2.05) is 0 Å². The zero-order valence-corrected chi connectivity index (χ0v) is 7.87. The van der Waals surface area contributed by atoms with Crippen molar-refractivity contribution in [2.75, 3.05) is 5.73 Å². The second-order valence-electron chi connectivity index (χ2n) is 3.45. The normalized spacial score (nSPS) is 11.3. The van der Waals surface area contributed by atoms with Gasteiger partial charge in [-0.05, 0) is 13.8 Å². The summed E-state index contributed by atoms with van der Waals surface area (Å²) in [6.07, 6.45) is 0. The first-order chi connectivity index (χ1) is 6.34. The number of aliphatic carboxylic acids is 1. The van der Waals surface area contributed by atoms with E-state index in [4.69, 9.17) is 10.8 Å². The second kappa shape index (κ2) is 3.13. The van der Waals surface area contributed by atoms with Gasteiger partial charge in [-0.1, -0.05) is 0 Å². The summed E-state index contributed by atoms with van der Waals surface area (Å²) in [7, 11) is 0. The van der Waals surface area contributed by atoms with Crippen molar-refractivity contribution in [1.29, 1.82) is 0 Å². The number of nitrogens with two attached hydrogens (primary N) is 1. The quantitative estimate of drug-likeness (QED) is 0.603. The Kier molecular flexibility index (Phi) is 2.29. The third-order valence-corrected chi connectivity index (χ3v) is 1.97. The number of aromatic amines is 1. The Morgan fingerprint density at radius 3 is 2.64 bits per heavy atom. The molecule has 0 saturated heterocycles. The number of H-pyrrole nitrogens is 1. The highest BCUT2D eigenvalue weighted by atomic mass is 16.4. The Morgan fingerprint density at radius 1 is 1.64 bits per heavy atom. The van der Waals surface area contributed by atoms with Gasteiger partial charge in [0.2, 0.25) is 0 Å². The number of hydrogen-bond acceptors (Lipinski definition) is 4. The maximum atomic E-state index is 10.9. The van der Waals surface area contributed by atoms with Gasteiger partial charge in [0, 0.05) is 11.8 Å². The van der Waals surface area contributed by atoms with E-state index in [1.165, 1.54) is 19.9 Å². The Hall–Kier alpha value is -1.85. The highest BCUT2D eigenvalue weighted by Gasteiger charge is 2.30. The van der Waals surface area contributed by atoms with Crippen LogP contribution >= 0.6 is 0 Å². The number of rotatable bonds is 2. The minimum atomic E-state index is -1.18. The van der Waals surface area contributed by atoms with Crippen molar-refractivity contribution in [2.24, 2.45) is 0 Å². The van der Waals surface area contributed by atoms with E-state index in [-0.39, 0.29) is 11.5 Å². The molecule has 0 aliphatic rings. The van der Waals surface area contributed by atoms with Crippen molar-refractivity contribution in [3.05, 3.63) is 22.2 Å². The molecule has 1 heterocycles. The van der Waals surface area contributed by atoms with Gasteiger partial charge in [-0.2, -0.15) is 4.98 Å². The number of anilines is 1. The van der Waals surface area contributed by atoms with Gasteiger partial charge in [-0.15, -0.1) is 0 Å². The molecule has 6 nitrogen and oxygen atoms in total. The molecule has 0 aliphatic heterocycles. The van der Waals surface area contributed by atoms with Crippen LogP contribution in [0, 0.1) is 0 Å². The van der Waals surface area contributed by atoms with E-state index < -0.39 is 17.1 Å². The zero-order valence-electron chi connectivity index (χ0n) is 7.87. The third-order valence-electron chi connectivity index (χ3n) is 1.97. The van der Waals surface area contributed by atoms with E-state index >= 15 is 0 Å². The number of carboxylic acids is 1. The van der Waals surface area contributed by atoms with Crippen molar-refractivity contribution < 1.29 is 9.90 Å². The molecule has 6 heteroatoms. The molecule has 1 rings (SSSR count). The van der Waals surface area contributed by atoms with Crippen LogP contribution in [-0.2, 0) is 10.2 Å². The summed E-state index contributed by atoms with van der Waals surface area (Å²) in [5.41, 5.74) is 3.74. The minimum absolute atomic E-state index is 0.0121. The molecule has 0 atom stereocenters. The summed E-state index contributed by atoms with van der Waals surface area (Å²) in [4.78, 5) is 27.5. The standard InChI is InChI=1S/C8H11N3O3/c1-8(2,6(12)13)4-3-5(9)11-7(14)10-4/h3H,1-2H3,(H,12,13)(H3,9,10,11,14). The molecule has 0 saturated carbocycles. The average molecular weight is 197 g/mol. The lowest BCUT2D eigenvalue weighted by Crippen LogP contribution is -2.32. The molecule has 0 aromatic carbocycles. The van der Waals surface area contributed by atoms with Crippen molar-refractivity contribution in [2.45, 2.75) is 19.3 Å². The van der Waals surface area contributed by atoms with Crippen molar-refractivity contribution in [3.63, 3.8) is 0 Å². The van der Waals surface area contributed by atoms with Crippen LogP contribution < -0.4 is 11.4 Å². The van der Waals surface area contributed by atoms with Crippen LogP contribution in [0.25, 0.3) is 0 Å². The van der Waals surface area contributed by atoms with Crippen LogP contribution in [-0.4, -0.2) is 21.0 Å². The topological polar surface area (TPSA) is 109 Å². The summed E-state index contributed by atoms with van der Waals surface area (Å²) < 4.78 is 0. The summed E-state index contributed by atoms with van der Waals surface area (Å²) in [5, 5.41) is 8.89. The molecule has 0 amide bonds. The number of nitrogen functional groups attached to an aromatic ring is 1. The molecule has 14 heavy (non-hydrogen) atoms. The predicted octanol–water partition coefficient (Wildman–Crippen LogP) is -0.286. The Labute approximate surface area is 79.8 Å². The second-order valence-corrected chi connectivity index (χ2v) is 3.45. The summed E-state index contributed by atoms with van der Waals surface area (Å²) in [6.45, 7) is 2.94. The smallest absolute Gasteiger partial charge is 0.347 e. The van der Waals surface area contributed by atoms with E-state index in [1.54, 1.807) is 0 Å². The maximum absolute atomic E-state index is 10.9. The molecule has 0 fully saturated rings. The summed E-state index contributed by atoms with van der Waals surface area (Å²) in [5.74, 6) is -1.03.